The van der Waals surface area contributed by atoms with Gasteiger partial charge in [0.1, 0.15) is 0 Å². The predicted octanol–water partition coefficient (Wildman–Crippen LogP) is 2.80. The van der Waals surface area contributed by atoms with E-state index in [0.29, 0.717) is 6.04 Å². The molecule has 0 fully saturated rings. The molecule has 0 aliphatic rings. The highest BCUT2D eigenvalue weighted by molar-refractivity contribution is 7.15. The van der Waals surface area contributed by atoms with E-state index < -0.39 is 0 Å². The lowest BCUT2D eigenvalue weighted by Crippen LogP contribution is -2.30. The first-order chi connectivity index (χ1) is 7.60. The van der Waals surface area contributed by atoms with Gasteiger partial charge < -0.3 is 10.2 Å². The summed E-state index contributed by atoms with van der Waals surface area (Å²) in [5.41, 5.74) is 1.17. The van der Waals surface area contributed by atoms with E-state index in [1.807, 2.05) is 11.3 Å². The molecule has 0 aromatic carbocycles. The molecule has 0 amide bonds. The van der Waals surface area contributed by atoms with Crippen LogP contribution in [0.3, 0.4) is 0 Å². The monoisotopic (exact) mass is 241 g/mol. The Kier molecular flexibility index (Phi) is 5.22. The zero-order chi connectivity index (χ0) is 12.1. The molecule has 0 aliphatic heterocycles. The van der Waals surface area contributed by atoms with Gasteiger partial charge in [-0.25, -0.2) is 4.98 Å². The molecule has 0 bridgehead atoms. The molecule has 1 aromatic heterocycles. The van der Waals surface area contributed by atoms with Gasteiger partial charge in [-0.05, 0) is 34.2 Å². The second-order valence-corrected chi connectivity index (χ2v) is 5.23. The third-order valence-corrected chi connectivity index (χ3v) is 3.82. The van der Waals surface area contributed by atoms with Crippen molar-refractivity contribution < 1.29 is 0 Å². The second-order valence-electron chi connectivity index (χ2n) is 4.17. The zero-order valence-corrected chi connectivity index (χ0v) is 11.8. The molecule has 0 spiro atoms. The van der Waals surface area contributed by atoms with Crippen molar-refractivity contribution in [2.24, 2.45) is 0 Å². The number of aryl methyl sites for hydroxylation is 1. The van der Waals surface area contributed by atoms with Gasteiger partial charge >= 0.3 is 0 Å². The van der Waals surface area contributed by atoms with Crippen LogP contribution in [0.15, 0.2) is 0 Å². The smallest absolute Gasteiger partial charge is 0.186 e. The summed E-state index contributed by atoms with van der Waals surface area (Å²) in [5.74, 6) is 0. The minimum atomic E-state index is 0.516. The number of rotatable bonds is 6. The maximum Gasteiger partial charge on any atom is 0.186 e. The van der Waals surface area contributed by atoms with E-state index in [2.05, 4.69) is 49.8 Å². The Balaban J connectivity index is 2.81. The lowest BCUT2D eigenvalue weighted by Gasteiger charge is -2.24. The summed E-state index contributed by atoms with van der Waals surface area (Å²) < 4.78 is 0. The lowest BCUT2D eigenvalue weighted by atomic mass is 10.3. The third-order valence-electron chi connectivity index (χ3n) is 2.63. The normalized spacial score (nSPS) is 11.1. The fourth-order valence-electron chi connectivity index (χ4n) is 1.66. The van der Waals surface area contributed by atoms with Gasteiger partial charge in [0.15, 0.2) is 5.13 Å². The van der Waals surface area contributed by atoms with Crippen molar-refractivity contribution in [1.29, 1.82) is 0 Å². The minimum absolute atomic E-state index is 0.516. The van der Waals surface area contributed by atoms with E-state index in [9.17, 15) is 0 Å². The molecule has 0 saturated heterocycles. The Hall–Kier alpha value is -0.610. The molecule has 0 atom stereocenters. The average molecular weight is 241 g/mol. The topological polar surface area (TPSA) is 28.2 Å². The van der Waals surface area contributed by atoms with Crippen LogP contribution in [0.4, 0.5) is 5.13 Å². The molecule has 16 heavy (non-hydrogen) atoms. The summed E-state index contributed by atoms with van der Waals surface area (Å²) in [4.78, 5) is 8.36. The molecule has 1 N–H and O–H groups in total. The first-order valence-electron chi connectivity index (χ1n) is 6.03. The molecule has 1 heterocycles. The summed E-state index contributed by atoms with van der Waals surface area (Å²) in [6.45, 7) is 13.8. The molecule has 0 aliphatic carbocycles. The van der Waals surface area contributed by atoms with Gasteiger partial charge in [0.25, 0.3) is 0 Å². The number of nitrogens with one attached hydrogen (secondary N) is 1. The summed E-state index contributed by atoms with van der Waals surface area (Å²) in [5, 5.41) is 4.51. The van der Waals surface area contributed by atoms with Gasteiger partial charge in [-0.3, -0.25) is 0 Å². The molecule has 0 unspecified atom stereocenters. The van der Waals surface area contributed by atoms with Crippen LogP contribution < -0.4 is 10.2 Å². The Bertz CT molecular complexity index is 320. The van der Waals surface area contributed by atoms with Crippen molar-refractivity contribution in [2.45, 2.75) is 47.2 Å². The SMILES string of the molecule is CCNCc1sc(N(CC)C(C)C)nc1C. The highest BCUT2D eigenvalue weighted by Crippen LogP contribution is 2.27. The standard InChI is InChI=1S/C12H23N3S/c1-6-13-8-11-10(5)14-12(16-11)15(7-2)9(3)4/h9,13H,6-8H2,1-5H3. The first-order valence-corrected chi connectivity index (χ1v) is 6.85. The first kappa shape index (κ1) is 13.5. The van der Waals surface area contributed by atoms with Crippen LogP contribution in [-0.2, 0) is 6.54 Å². The Labute approximate surface area is 103 Å². The minimum Gasteiger partial charge on any atom is -0.346 e. The Morgan fingerprint density at radius 3 is 2.56 bits per heavy atom. The van der Waals surface area contributed by atoms with Crippen molar-refractivity contribution in [3.05, 3.63) is 10.6 Å². The summed E-state index contributed by atoms with van der Waals surface area (Å²) in [7, 11) is 0. The van der Waals surface area contributed by atoms with Gasteiger partial charge in [-0.2, -0.15) is 0 Å². The van der Waals surface area contributed by atoms with Gasteiger partial charge in [-0.1, -0.05) is 6.92 Å². The van der Waals surface area contributed by atoms with E-state index in [0.717, 1.165) is 24.8 Å². The number of aromatic nitrogens is 1. The highest BCUT2D eigenvalue weighted by Gasteiger charge is 2.14. The van der Waals surface area contributed by atoms with E-state index in [1.54, 1.807) is 0 Å². The molecule has 4 heteroatoms. The predicted molar refractivity (Wildman–Crippen MR) is 72.4 cm³/mol. The number of anilines is 1. The van der Waals surface area contributed by atoms with E-state index in [-0.39, 0.29) is 0 Å². The fraction of sp³-hybridized carbons (Fsp3) is 0.750. The molecule has 3 nitrogen and oxygen atoms in total. The van der Waals surface area contributed by atoms with Crippen molar-refractivity contribution >= 4 is 16.5 Å². The Morgan fingerprint density at radius 2 is 2.06 bits per heavy atom. The lowest BCUT2D eigenvalue weighted by molar-refractivity contribution is 0.700. The molecular formula is C12H23N3S. The highest BCUT2D eigenvalue weighted by atomic mass is 32.1. The molecule has 92 valence electrons. The maximum absolute atomic E-state index is 4.66. The molecule has 0 radical (unpaired) electrons. The largest absolute Gasteiger partial charge is 0.346 e. The van der Waals surface area contributed by atoms with Crippen LogP contribution >= 0.6 is 11.3 Å². The molecule has 1 rings (SSSR count). The zero-order valence-electron chi connectivity index (χ0n) is 11.0. The van der Waals surface area contributed by atoms with Gasteiger partial charge in [0.2, 0.25) is 0 Å². The number of hydrogen-bond donors (Lipinski definition) is 1. The summed E-state index contributed by atoms with van der Waals surface area (Å²) in [6.07, 6.45) is 0. The van der Waals surface area contributed by atoms with Crippen LogP contribution in [0.2, 0.25) is 0 Å². The van der Waals surface area contributed by atoms with Crippen LogP contribution in [0.1, 0.15) is 38.3 Å². The van der Waals surface area contributed by atoms with Crippen molar-refractivity contribution in [2.75, 3.05) is 18.0 Å². The second kappa shape index (κ2) is 6.21. The Morgan fingerprint density at radius 1 is 1.38 bits per heavy atom. The average Bonchev–Trinajstić information content (AvgIpc) is 2.57. The number of nitrogens with zero attached hydrogens (tertiary/aromatic N) is 2. The van der Waals surface area contributed by atoms with Gasteiger partial charge in [-0.15, -0.1) is 11.3 Å². The van der Waals surface area contributed by atoms with Gasteiger partial charge in [0.05, 0.1) is 5.69 Å². The van der Waals surface area contributed by atoms with E-state index in [4.69, 9.17) is 0 Å². The van der Waals surface area contributed by atoms with Crippen molar-refractivity contribution in [1.82, 2.24) is 10.3 Å². The summed E-state index contributed by atoms with van der Waals surface area (Å²) >= 11 is 1.81. The quantitative estimate of drug-likeness (QED) is 0.830. The van der Waals surface area contributed by atoms with E-state index in [1.165, 1.54) is 10.6 Å². The van der Waals surface area contributed by atoms with E-state index >= 15 is 0 Å². The summed E-state index contributed by atoms with van der Waals surface area (Å²) in [6, 6.07) is 0.516. The molecule has 1 aromatic rings. The van der Waals surface area contributed by atoms with Crippen molar-refractivity contribution in [3.63, 3.8) is 0 Å². The number of hydrogen-bond acceptors (Lipinski definition) is 4. The van der Waals surface area contributed by atoms with Crippen LogP contribution in [-0.4, -0.2) is 24.1 Å². The molecular weight excluding hydrogens is 218 g/mol. The third kappa shape index (κ3) is 3.19. The van der Waals surface area contributed by atoms with Gasteiger partial charge in [0, 0.05) is 24.0 Å². The fourth-order valence-corrected chi connectivity index (χ4v) is 2.89. The van der Waals surface area contributed by atoms with Crippen molar-refractivity contribution in [3.8, 4) is 0 Å². The molecule has 0 saturated carbocycles. The van der Waals surface area contributed by atoms with Crippen LogP contribution in [0, 0.1) is 6.92 Å². The van der Waals surface area contributed by atoms with Crippen LogP contribution in [0.5, 0.6) is 0 Å². The van der Waals surface area contributed by atoms with Crippen LogP contribution in [0.25, 0.3) is 0 Å². The maximum atomic E-state index is 4.66. The number of thiazole rings is 1.